The Morgan fingerprint density at radius 1 is 1.39 bits per heavy atom. The second-order valence-corrected chi connectivity index (χ2v) is 5.82. The minimum atomic E-state index is 0.606. The van der Waals surface area contributed by atoms with Crippen molar-refractivity contribution in [1.82, 2.24) is 4.90 Å². The first-order valence-electron chi connectivity index (χ1n) is 6.73. The minimum Gasteiger partial charge on any atom is -0.392 e. The summed E-state index contributed by atoms with van der Waals surface area (Å²) in [6.07, 6.45) is 5.25. The molecule has 0 amide bonds. The molecule has 1 aromatic rings. The maximum absolute atomic E-state index is 5.73. The Bertz CT molecular complexity index is 411. The molecule has 1 aliphatic rings. The lowest BCUT2D eigenvalue weighted by atomic mass is 10.1. The van der Waals surface area contributed by atoms with E-state index in [1.54, 1.807) is 0 Å². The van der Waals surface area contributed by atoms with E-state index in [1.807, 2.05) is 0 Å². The van der Waals surface area contributed by atoms with Crippen LogP contribution in [0.2, 0.25) is 0 Å². The van der Waals surface area contributed by atoms with Crippen LogP contribution in [0, 0.1) is 6.92 Å². The van der Waals surface area contributed by atoms with Gasteiger partial charge in [-0.3, -0.25) is 4.90 Å². The standard InChI is InChI=1S/C15H22N2S/c1-12-5-4-6-13(9-12)10-17(11-15(16)18)14-7-2-3-8-14/h4-6,9,14H,2-3,7-8,10-11H2,1H3,(H2,16,18). The largest absolute Gasteiger partial charge is 0.392 e. The van der Waals surface area contributed by atoms with Gasteiger partial charge >= 0.3 is 0 Å². The van der Waals surface area contributed by atoms with Gasteiger partial charge in [0.25, 0.3) is 0 Å². The molecular formula is C15H22N2S. The van der Waals surface area contributed by atoms with Gasteiger partial charge in [-0.2, -0.15) is 0 Å². The summed E-state index contributed by atoms with van der Waals surface area (Å²) in [6, 6.07) is 9.36. The molecule has 18 heavy (non-hydrogen) atoms. The highest BCUT2D eigenvalue weighted by Gasteiger charge is 2.22. The van der Waals surface area contributed by atoms with Crippen LogP contribution in [0.5, 0.6) is 0 Å². The summed E-state index contributed by atoms with van der Waals surface area (Å²) >= 11 is 5.09. The normalized spacial score (nSPS) is 16.3. The summed E-state index contributed by atoms with van der Waals surface area (Å²) in [5.41, 5.74) is 8.41. The Morgan fingerprint density at radius 3 is 2.72 bits per heavy atom. The lowest BCUT2D eigenvalue weighted by molar-refractivity contribution is 0.219. The summed E-state index contributed by atoms with van der Waals surface area (Å²) in [6.45, 7) is 3.84. The van der Waals surface area contributed by atoms with Crippen molar-refractivity contribution in [3.05, 3.63) is 35.4 Å². The van der Waals surface area contributed by atoms with Crippen LogP contribution in [0.15, 0.2) is 24.3 Å². The molecule has 2 N–H and O–H groups in total. The molecule has 2 rings (SSSR count). The molecule has 0 unspecified atom stereocenters. The third-order valence-corrected chi connectivity index (χ3v) is 3.80. The monoisotopic (exact) mass is 262 g/mol. The fourth-order valence-corrected chi connectivity index (χ4v) is 2.99. The summed E-state index contributed by atoms with van der Waals surface area (Å²) in [7, 11) is 0. The summed E-state index contributed by atoms with van der Waals surface area (Å²) < 4.78 is 0. The highest BCUT2D eigenvalue weighted by atomic mass is 32.1. The lowest BCUT2D eigenvalue weighted by Crippen LogP contribution is -2.38. The number of thiocarbonyl (C=S) groups is 1. The molecule has 0 bridgehead atoms. The Morgan fingerprint density at radius 2 is 2.11 bits per heavy atom. The second-order valence-electron chi connectivity index (χ2n) is 5.30. The van der Waals surface area contributed by atoms with Gasteiger partial charge in [0, 0.05) is 19.1 Å². The van der Waals surface area contributed by atoms with Crippen LogP contribution in [-0.2, 0) is 6.54 Å². The molecule has 3 heteroatoms. The van der Waals surface area contributed by atoms with Gasteiger partial charge in [0.2, 0.25) is 0 Å². The van der Waals surface area contributed by atoms with Crippen molar-refractivity contribution >= 4 is 17.2 Å². The van der Waals surface area contributed by atoms with Crippen LogP contribution in [0.25, 0.3) is 0 Å². The molecule has 2 nitrogen and oxygen atoms in total. The quantitative estimate of drug-likeness (QED) is 0.827. The Kier molecular flexibility index (Phi) is 4.72. The maximum atomic E-state index is 5.73. The van der Waals surface area contributed by atoms with Crippen molar-refractivity contribution in [2.24, 2.45) is 5.73 Å². The second kappa shape index (κ2) is 6.30. The van der Waals surface area contributed by atoms with Crippen molar-refractivity contribution in [1.29, 1.82) is 0 Å². The van der Waals surface area contributed by atoms with Crippen LogP contribution < -0.4 is 5.73 Å². The topological polar surface area (TPSA) is 29.3 Å². The predicted molar refractivity (Wildman–Crippen MR) is 80.6 cm³/mol. The summed E-state index contributed by atoms with van der Waals surface area (Å²) in [5, 5.41) is 0. The number of hydrogen-bond acceptors (Lipinski definition) is 2. The fourth-order valence-electron chi connectivity index (χ4n) is 2.83. The minimum absolute atomic E-state index is 0.606. The van der Waals surface area contributed by atoms with Gasteiger partial charge in [-0.15, -0.1) is 0 Å². The van der Waals surface area contributed by atoms with E-state index in [4.69, 9.17) is 18.0 Å². The smallest absolute Gasteiger partial charge is 0.0870 e. The van der Waals surface area contributed by atoms with Crippen LogP contribution in [0.4, 0.5) is 0 Å². The van der Waals surface area contributed by atoms with Crippen molar-refractivity contribution in [2.75, 3.05) is 6.54 Å². The van der Waals surface area contributed by atoms with Gasteiger partial charge in [0.05, 0.1) is 4.99 Å². The molecule has 0 heterocycles. The molecule has 1 saturated carbocycles. The fraction of sp³-hybridized carbons (Fsp3) is 0.533. The van der Waals surface area contributed by atoms with E-state index >= 15 is 0 Å². The van der Waals surface area contributed by atoms with Crippen LogP contribution >= 0.6 is 12.2 Å². The molecule has 1 fully saturated rings. The van der Waals surface area contributed by atoms with E-state index in [9.17, 15) is 0 Å². The number of nitrogens with two attached hydrogens (primary N) is 1. The van der Waals surface area contributed by atoms with Gasteiger partial charge in [-0.1, -0.05) is 54.9 Å². The third kappa shape index (κ3) is 3.79. The number of aryl methyl sites for hydroxylation is 1. The van der Waals surface area contributed by atoms with Gasteiger partial charge in [-0.05, 0) is 25.3 Å². The highest BCUT2D eigenvalue weighted by molar-refractivity contribution is 7.80. The van der Waals surface area contributed by atoms with E-state index in [0.29, 0.717) is 11.0 Å². The average Bonchev–Trinajstić information content (AvgIpc) is 2.80. The molecule has 98 valence electrons. The SMILES string of the molecule is Cc1cccc(CN(CC(N)=S)C2CCCC2)c1. The van der Waals surface area contributed by atoms with E-state index in [-0.39, 0.29) is 0 Å². The lowest BCUT2D eigenvalue weighted by Gasteiger charge is -2.28. The first-order valence-corrected chi connectivity index (χ1v) is 7.14. The zero-order chi connectivity index (χ0) is 13.0. The first kappa shape index (κ1) is 13.5. The van der Waals surface area contributed by atoms with Crippen molar-refractivity contribution in [3.63, 3.8) is 0 Å². The molecule has 0 saturated heterocycles. The molecule has 1 aromatic carbocycles. The number of benzene rings is 1. The van der Waals surface area contributed by atoms with Crippen molar-refractivity contribution < 1.29 is 0 Å². The molecule has 0 aliphatic heterocycles. The number of nitrogens with zero attached hydrogens (tertiary/aromatic N) is 1. The van der Waals surface area contributed by atoms with Crippen molar-refractivity contribution in [2.45, 2.75) is 45.2 Å². The average molecular weight is 262 g/mol. The maximum Gasteiger partial charge on any atom is 0.0870 e. The van der Waals surface area contributed by atoms with Crippen LogP contribution in [0.1, 0.15) is 36.8 Å². The van der Waals surface area contributed by atoms with Gasteiger partial charge < -0.3 is 5.73 Å². The third-order valence-electron chi connectivity index (χ3n) is 3.67. The summed E-state index contributed by atoms with van der Waals surface area (Å²) in [4.78, 5) is 3.05. The van der Waals surface area contributed by atoms with E-state index < -0.39 is 0 Å². The van der Waals surface area contributed by atoms with Gasteiger partial charge in [0.15, 0.2) is 0 Å². The number of hydrogen-bond donors (Lipinski definition) is 1. The molecular weight excluding hydrogens is 240 g/mol. The Hall–Kier alpha value is -0.930. The molecule has 0 spiro atoms. The first-order chi connectivity index (χ1) is 8.65. The van der Waals surface area contributed by atoms with E-state index in [0.717, 1.165) is 13.1 Å². The highest BCUT2D eigenvalue weighted by Crippen LogP contribution is 2.24. The van der Waals surface area contributed by atoms with Crippen LogP contribution in [0.3, 0.4) is 0 Å². The summed E-state index contributed by atoms with van der Waals surface area (Å²) in [5.74, 6) is 0. The van der Waals surface area contributed by atoms with Crippen molar-refractivity contribution in [3.8, 4) is 0 Å². The Balaban J connectivity index is 2.06. The molecule has 0 atom stereocenters. The molecule has 0 aromatic heterocycles. The number of rotatable bonds is 5. The van der Waals surface area contributed by atoms with E-state index in [1.165, 1.54) is 36.8 Å². The van der Waals surface area contributed by atoms with Gasteiger partial charge in [0.1, 0.15) is 0 Å². The van der Waals surface area contributed by atoms with E-state index in [2.05, 4.69) is 36.1 Å². The van der Waals surface area contributed by atoms with Gasteiger partial charge in [-0.25, -0.2) is 0 Å². The zero-order valence-corrected chi connectivity index (χ0v) is 11.9. The zero-order valence-electron chi connectivity index (χ0n) is 11.1. The van der Waals surface area contributed by atoms with Crippen LogP contribution in [-0.4, -0.2) is 22.5 Å². The Labute approximate surface area is 115 Å². The molecule has 1 aliphatic carbocycles. The predicted octanol–water partition coefficient (Wildman–Crippen LogP) is 3.03. The molecule has 0 radical (unpaired) electrons.